The molecule has 0 aliphatic carbocycles. The van der Waals surface area contributed by atoms with E-state index in [1.54, 1.807) is 13.8 Å². The first-order chi connectivity index (χ1) is 6.37. The first-order valence-corrected chi connectivity index (χ1v) is 5.05. The van der Waals surface area contributed by atoms with Gasteiger partial charge in [0.15, 0.2) is 0 Å². The quantitative estimate of drug-likeness (QED) is 0.677. The third-order valence-corrected chi connectivity index (χ3v) is 2.62. The predicted octanol–water partition coefficient (Wildman–Crippen LogP) is 2.29. The number of amides is 1. The number of rotatable bonds is 2. The molecule has 0 unspecified atom stereocenters. The molecule has 0 radical (unpaired) electrons. The van der Waals surface area contributed by atoms with Crippen LogP contribution in [0.5, 0.6) is 0 Å². The SMILES string of the molecule is CC[C@H]1CC(F)(F)CN1C(=O)C(C)C. The van der Waals surface area contributed by atoms with Crippen molar-refractivity contribution in [3.8, 4) is 0 Å². The van der Waals surface area contributed by atoms with Crippen LogP contribution in [0, 0.1) is 5.92 Å². The van der Waals surface area contributed by atoms with Crippen molar-refractivity contribution in [1.29, 1.82) is 0 Å². The minimum absolute atomic E-state index is 0.158. The van der Waals surface area contributed by atoms with Crippen LogP contribution in [0.1, 0.15) is 33.6 Å². The van der Waals surface area contributed by atoms with Crippen molar-refractivity contribution < 1.29 is 13.6 Å². The lowest BCUT2D eigenvalue weighted by molar-refractivity contribution is -0.136. The smallest absolute Gasteiger partial charge is 0.267 e. The van der Waals surface area contributed by atoms with Crippen molar-refractivity contribution >= 4 is 5.91 Å². The third-order valence-electron chi connectivity index (χ3n) is 2.62. The second-order valence-corrected chi connectivity index (χ2v) is 4.24. The molecule has 1 aliphatic rings. The molecule has 1 aliphatic heterocycles. The second-order valence-electron chi connectivity index (χ2n) is 4.24. The molecular weight excluding hydrogens is 188 g/mol. The standard InChI is InChI=1S/C10H17F2NO/c1-4-8-5-10(11,12)6-13(8)9(14)7(2)3/h7-8H,4-6H2,1-3H3/t8-/m0/s1. The topological polar surface area (TPSA) is 20.3 Å². The van der Waals surface area contributed by atoms with E-state index in [9.17, 15) is 13.6 Å². The van der Waals surface area contributed by atoms with E-state index in [-0.39, 0.29) is 24.3 Å². The molecule has 2 nitrogen and oxygen atoms in total. The van der Waals surface area contributed by atoms with Gasteiger partial charge in [-0.05, 0) is 6.42 Å². The molecule has 0 aromatic carbocycles. The van der Waals surface area contributed by atoms with Gasteiger partial charge in [-0.2, -0.15) is 0 Å². The molecule has 1 atom stereocenters. The zero-order valence-corrected chi connectivity index (χ0v) is 8.89. The van der Waals surface area contributed by atoms with Gasteiger partial charge in [-0.25, -0.2) is 8.78 Å². The number of halogens is 2. The average Bonchev–Trinajstić information content (AvgIpc) is 2.39. The Kier molecular flexibility index (Phi) is 3.12. The van der Waals surface area contributed by atoms with Crippen LogP contribution < -0.4 is 0 Å². The lowest BCUT2D eigenvalue weighted by Gasteiger charge is -2.24. The Morgan fingerprint density at radius 2 is 2.14 bits per heavy atom. The Morgan fingerprint density at radius 3 is 2.57 bits per heavy atom. The average molecular weight is 205 g/mol. The summed E-state index contributed by atoms with van der Waals surface area (Å²) in [5, 5.41) is 0. The Labute approximate surface area is 83.3 Å². The number of hydrogen-bond acceptors (Lipinski definition) is 1. The van der Waals surface area contributed by atoms with E-state index in [2.05, 4.69) is 0 Å². The summed E-state index contributed by atoms with van der Waals surface area (Å²) in [6.07, 6.45) is 0.427. The summed E-state index contributed by atoms with van der Waals surface area (Å²) in [5.74, 6) is -3.04. The molecule has 1 rings (SSSR count). The summed E-state index contributed by atoms with van der Waals surface area (Å²) >= 11 is 0. The van der Waals surface area contributed by atoms with Crippen LogP contribution >= 0.6 is 0 Å². The first-order valence-electron chi connectivity index (χ1n) is 5.05. The molecule has 0 aromatic rings. The zero-order chi connectivity index (χ0) is 10.9. The molecule has 0 bridgehead atoms. The summed E-state index contributed by atoms with van der Waals surface area (Å²) in [7, 11) is 0. The molecule has 1 heterocycles. The maximum atomic E-state index is 13.1. The maximum Gasteiger partial charge on any atom is 0.267 e. The van der Waals surface area contributed by atoms with Crippen molar-refractivity contribution in [3.63, 3.8) is 0 Å². The van der Waals surface area contributed by atoms with Crippen LogP contribution in [-0.2, 0) is 4.79 Å². The number of alkyl halides is 2. The summed E-state index contributed by atoms with van der Waals surface area (Å²) in [6, 6.07) is -0.278. The third kappa shape index (κ3) is 2.22. The lowest BCUT2D eigenvalue weighted by Crippen LogP contribution is -2.38. The molecule has 4 heteroatoms. The van der Waals surface area contributed by atoms with E-state index in [4.69, 9.17) is 0 Å². The molecule has 0 N–H and O–H groups in total. The van der Waals surface area contributed by atoms with Crippen LogP contribution in [0.3, 0.4) is 0 Å². The van der Waals surface area contributed by atoms with Crippen LogP contribution in [0.2, 0.25) is 0 Å². The highest BCUT2D eigenvalue weighted by Gasteiger charge is 2.46. The van der Waals surface area contributed by atoms with Gasteiger partial charge in [-0.15, -0.1) is 0 Å². The van der Waals surface area contributed by atoms with Crippen molar-refractivity contribution in [2.45, 2.75) is 45.6 Å². The van der Waals surface area contributed by atoms with Gasteiger partial charge in [0.25, 0.3) is 5.92 Å². The van der Waals surface area contributed by atoms with E-state index in [1.807, 2.05) is 6.92 Å². The molecule has 1 amide bonds. The molecule has 1 saturated heterocycles. The van der Waals surface area contributed by atoms with Crippen LogP contribution in [-0.4, -0.2) is 29.3 Å². The molecule has 14 heavy (non-hydrogen) atoms. The number of likely N-dealkylation sites (tertiary alicyclic amines) is 1. The number of nitrogens with zero attached hydrogens (tertiary/aromatic N) is 1. The van der Waals surface area contributed by atoms with Crippen molar-refractivity contribution in [1.82, 2.24) is 4.90 Å². The fourth-order valence-electron chi connectivity index (χ4n) is 1.85. The summed E-state index contributed by atoms with van der Waals surface area (Å²) in [4.78, 5) is 12.9. The molecule has 0 saturated carbocycles. The largest absolute Gasteiger partial charge is 0.333 e. The first kappa shape index (κ1) is 11.4. The summed E-state index contributed by atoms with van der Waals surface area (Å²) < 4.78 is 26.1. The van der Waals surface area contributed by atoms with Gasteiger partial charge in [-0.3, -0.25) is 4.79 Å². The van der Waals surface area contributed by atoms with Crippen molar-refractivity contribution in [2.75, 3.05) is 6.54 Å². The fourth-order valence-corrected chi connectivity index (χ4v) is 1.85. The Balaban J connectivity index is 2.73. The van der Waals surface area contributed by atoms with Gasteiger partial charge < -0.3 is 4.90 Å². The van der Waals surface area contributed by atoms with E-state index < -0.39 is 12.5 Å². The maximum absolute atomic E-state index is 13.1. The Bertz CT molecular complexity index is 228. The van der Waals surface area contributed by atoms with Crippen LogP contribution in [0.4, 0.5) is 8.78 Å². The number of carbonyl (C=O) groups excluding carboxylic acids is 1. The molecule has 82 valence electrons. The minimum atomic E-state index is -2.69. The highest BCUT2D eigenvalue weighted by atomic mass is 19.3. The summed E-state index contributed by atoms with van der Waals surface area (Å²) in [6.45, 7) is 4.92. The predicted molar refractivity (Wildman–Crippen MR) is 50.2 cm³/mol. The Morgan fingerprint density at radius 1 is 1.57 bits per heavy atom. The van der Waals surface area contributed by atoms with Crippen molar-refractivity contribution in [3.05, 3.63) is 0 Å². The van der Waals surface area contributed by atoms with Gasteiger partial charge in [0.05, 0.1) is 6.54 Å². The number of carbonyl (C=O) groups is 1. The molecule has 1 fully saturated rings. The normalized spacial score (nSPS) is 25.9. The van der Waals surface area contributed by atoms with Crippen LogP contribution in [0.15, 0.2) is 0 Å². The monoisotopic (exact) mass is 205 g/mol. The van der Waals surface area contributed by atoms with Gasteiger partial charge in [-0.1, -0.05) is 20.8 Å². The highest BCUT2D eigenvalue weighted by molar-refractivity contribution is 5.78. The lowest BCUT2D eigenvalue weighted by atomic mass is 10.1. The van der Waals surface area contributed by atoms with Gasteiger partial charge in [0, 0.05) is 18.4 Å². The Hall–Kier alpha value is -0.670. The van der Waals surface area contributed by atoms with E-state index in [0.29, 0.717) is 6.42 Å². The van der Waals surface area contributed by atoms with Gasteiger partial charge in [0.2, 0.25) is 5.91 Å². The number of hydrogen-bond donors (Lipinski definition) is 0. The highest BCUT2D eigenvalue weighted by Crippen LogP contribution is 2.34. The zero-order valence-electron chi connectivity index (χ0n) is 8.89. The molecule has 0 spiro atoms. The van der Waals surface area contributed by atoms with Gasteiger partial charge in [0.1, 0.15) is 0 Å². The minimum Gasteiger partial charge on any atom is -0.333 e. The molecule has 0 aromatic heterocycles. The van der Waals surface area contributed by atoms with Gasteiger partial charge >= 0.3 is 0 Å². The molecular formula is C10H17F2NO. The van der Waals surface area contributed by atoms with E-state index >= 15 is 0 Å². The van der Waals surface area contributed by atoms with Crippen LogP contribution in [0.25, 0.3) is 0 Å². The fraction of sp³-hybridized carbons (Fsp3) is 0.900. The van der Waals surface area contributed by atoms with E-state index in [1.165, 1.54) is 4.90 Å². The van der Waals surface area contributed by atoms with Crippen molar-refractivity contribution in [2.24, 2.45) is 5.92 Å². The van der Waals surface area contributed by atoms with E-state index in [0.717, 1.165) is 0 Å². The second kappa shape index (κ2) is 3.83. The summed E-state index contributed by atoms with van der Waals surface area (Å²) in [5.41, 5.74) is 0.